The quantitative estimate of drug-likeness (QED) is 0.732. The molecule has 0 amide bonds. The van der Waals surface area contributed by atoms with Crippen molar-refractivity contribution >= 4 is 16.6 Å². The molecule has 3 nitrogen and oxygen atoms in total. The van der Waals surface area contributed by atoms with E-state index >= 15 is 0 Å². The maximum Gasteiger partial charge on any atom is 0.151 e. The monoisotopic (exact) mass is 255 g/mol. The molecule has 0 saturated carbocycles. The summed E-state index contributed by atoms with van der Waals surface area (Å²) in [5.74, 6) is -0.314. The number of fused-ring (bicyclic) bond motifs is 1. The molecule has 3 aromatic rings. The lowest BCUT2D eigenvalue weighted by Crippen LogP contribution is -1.89. The van der Waals surface area contributed by atoms with Gasteiger partial charge in [-0.2, -0.15) is 0 Å². The van der Waals surface area contributed by atoms with Crippen LogP contribution in [0.15, 0.2) is 36.5 Å². The Morgan fingerprint density at radius 1 is 1.26 bits per heavy atom. The van der Waals surface area contributed by atoms with Gasteiger partial charge in [0.25, 0.3) is 0 Å². The first-order valence-corrected chi connectivity index (χ1v) is 6.11. The third-order valence-electron chi connectivity index (χ3n) is 3.34. The van der Waals surface area contributed by atoms with E-state index in [2.05, 4.69) is 15.3 Å². The van der Waals surface area contributed by atoms with Crippen molar-refractivity contribution in [2.24, 2.45) is 0 Å². The number of aromatic amines is 1. The van der Waals surface area contributed by atoms with Crippen molar-refractivity contribution in [3.8, 4) is 11.4 Å². The van der Waals surface area contributed by atoms with E-state index in [0.29, 0.717) is 5.69 Å². The predicted molar refractivity (Wildman–Crippen MR) is 75.8 cm³/mol. The fourth-order valence-electron chi connectivity index (χ4n) is 2.29. The number of H-pyrrole nitrogens is 1. The van der Waals surface area contributed by atoms with E-state index in [-0.39, 0.29) is 5.82 Å². The van der Waals surface area contributed by atoms with E-state index in [4.69, 9.17) is 0 Å². The SMILES string of the molecule is CNc1ccc2[nH]c(-c3ncccc3F)c(C)c2c1. The Hall–Kier alpha value is -2.36. The summed E-state index contributed by atoms with van der Waals surface area (Å²) in [7, 11) is 1.88. The zero-order valence-electron chi connectivity index (χ0n) is 10.8. The Labute approximate surface area is 110 Å². The summed E-state index contributed by atoms with van der Waals surface area (Å²) in [5.41, 5.74) is 4.12. The molecule has 3 rings (SSSR count). The van der Waals surface area contributed by atoms with Crippen molar-refractivity contribution in [2.45, 2.75) is 6.92 Å². The zero-order chi connectivity index (χ0) is 13.4. The number of aryl methyl sites for hydroxylation is 1. The molecule has 0 aliphatic rings. The van der Waals surface area contributed by atoms with Gasteiger partial charge >= 0.3 is 0 Å². The highest BCUT2D eigenvalue weighted by molar-refractivity contribution is 5.92. The molecule has 0 fully saturated rings. The van der Waals surface area contributed by atoms with Crippen LogP contribution in [-0.4, -0.2) is 17.0 Å². The highest BCUT2D eigenvalue weighted by atomic mass is 19.1. The molecule has 1 aromatic carbocycles. The summed E-state index contributed by atoms with van der Waals surface area (Å²) in [6, 6.07) is 9.03. The minimum absolute atomic E-state index is 0.314. The minimum atomic E-state index is -0.314. The molecule has 2 heterocycles. The third-order valence-corrected chi connectivity index (χ3v) is 3.34. The van der Waals surface area contributed by atoms with Crippen LogP contribution < -0.4 is 5.32 Å². The highest BCUT2D eigenvalue weighted by Gasteiger charge is 2.14. The lowest BCUT2D eigenvalue weighted by molar-refractivity contribution is 0.625. The van der Waals surface area contributed by atoms with Gasteiger partial charge in [-0.05, 0) is 42.8 Å². The van der Waals surface area contributed by atoms with Crippen LogP contribution in [0.3, 0.4) is 0 Å². The van der Waals surface area contributed by atoms with Crippen molar-refractivity contribution in [1.82, 2.24) is 9.97 Å². The maximum absolute atomic E-state index is 13.8. The van der Waals surface area contributed by atoms with Crippen LogP contribution in [0.5, 0.6) is 0 Å². The molecule has 0 aliphatic carbocycles. The number of halogens is 1. The number of nitrogens with one attached hydrogen (secondary N) is 2. The second-order valence-electron chi connectivity index (χ2n) is 4.47. The van der Waals surface area contributed by atoms with Gasteiger partial charge in [0.1, 0.15) is 5.69 Å². The summed E-state index contributed by atoms with van der Waals surface area (Å²) in [5, 5.41) is 4.18. The van der Waals surface area contributed by atoms with Crippen molar-refractivity contribution in [3.05, 3.63) is 47.9 Å². The smallest absolute Gasteiger partial charge is 0.151 e. The third kappa shape index (κ3) is 1.85. The molecule has 4 heteroatoms. The molecule has 0 spiro atoms. The zero-order valence-corrected chi connectivity index (χ0v) is 10.8. The molecule has 0 bridgehead atoms. The van der Waals surface area contributed by atoms with E-state index in [1.165, 1.54) is 6.07 Å². The van der Waals surface area contributed by atoms with Gasteiger partial charge < -0.3 is 10.3 Å². The van der Waals surface area contributed by atoms with Crippen LogP contribution in [0.4, 0.5) is 10.1 Å². The van der Waals surface area contributed by atoms with E-state index < -0.39 is 0 Å². The normalized spacial score (nSPS) is 10.9. The Balaban J connectivity index is 2.26. The molecular formula is C15H14FN3. The number of benzene rings is 1. The molecular weight excluding hydrogens is 241 g/mol. The number of hydrogen-bond acceptors (Lipinski definition) is 2. The van der Waals surface area contributed by atoms with Crippen molar-refractivity contribution in [3.63, 3.8) is 0 Å². The molecule has 2 aromatic heterocycles. The van der Waals surface area contributed by atoms with Gasteiger partial charge in [-0.3, -0.25) is 4.98 Å². The van der Waals surface area contributed by atoms with E-state index in [0.717, 1.165) is 27.8 Å². The molecule has 2 N–H and O–H groups in total. The second kappa shape index (κ2) is 4.39. The molecule has 0 radical (unpaired) electrons. The van der Waals surface area contributed by atoms with Crippen molar-refractivity contribution in [1.29, 1.82) is 0 Å². The predicted octanol–water partition coefficient (Wildman–Crippen LogP) is 3.72. The summed E-state index contributed by atoms with van der Waals surface area (Å²) in [6.07, 6.45) is 1.60. The summed E-state index contributed by atoms with van der Waals surface area (Å²) in [4.78, 5) is 7.37. The number of rotatable bonds is 2. The van der Waals surface area contributed by atoms with Gasteiger partial charge in [0.2, 0.25) is 0 Å². The van der Waals surface area contributed by atoms with Gasteiger partial charge in [-0.1, -0.05) is 0 Å². The molecule has 0 saturated heterocycles. The fraction of sp³-hybridized carbons (Fsp3) is 0.133. The Bertz CT molecular complexity index is 746. The average Bonchev–Trinajstić information content (AvgIpc) is 2.76. The topological polar surface area (TPSA) is 40.7 Å². The molecule has 0 atom stereocenters. The fourth-order valence-corrected chi connectivity index (χ4v) is 2.29. The Kier molecular flexibility index (Phi) is 2.71. The summed E-state index contributed by atoms with van der Waals surface area (Å²) < 4.78 is 13.8. The van der Waals surface area contributed by atoms with Gasteiger partial charge in [-0.15, -0.1) is 0 Å². The van der Waals surface area contributed by atoms with Crippen LogP contribution in [0.2, 0.25) is 0 Å². The average molecular weight is 255 g/mol. The number of hydrogen-bond donors (Lipinski definition) is 2. The largest absolute Gasteiger partial charge is 0.388 e. The number of pyridine rings is 1. The van der Waals surface area contributed by atoms with Crippen molar-refractivity contribution < 1.29 is 4.39 Å². The van der Waals surface area contributed by atoms with Crippen LogP contribution >= 0.6 is 0 Å². The van der Waals surface area contributed by atoms with Crippen LogP contribution in [0, 0.1) is 12.7 Å². The molecule has 0 unspecified atom stereocenters. The number of aromatic nitrogens is 2. The molecule has 0 aliphatic heterocycles. The summed E-state index contributed by atoms with van der Waals surface area (Å²) >= 11 is 0. The van der Waals surface area contributed by atoms with Gasteiger partial charge in [0.15, 0.2) is 5.82 Å². The van der Waals surface area contributed by atoms with E-state index in [9.17, 15) is 4.39 Å². The molecule has 96 valence electrons. The first kappa shape index (κ1) is 11.7. The number of anilines is 1. The molecule has 19 heavy (non-hydrogen) atoms. The first-order valence-electron chi connectivity index (χ1n) is 6.11. The van der Waals surface area contributed by atoms with Gasteiger partial charge in [-0.25, -0.2) is 4.39 Å². The van der Waals surface area contributed by atoms with Crippen LogP contribution in [0.1, 0.15) is 5.56 Å². The van der Waals surface area contributed by atoms with Crippen molar-refractivity contribution in [2.75, 3.05) is 12.4 Å². The maximum atomic E-state index is 13.8. The lowest BCUT2D eigenvalue weighted by Gasteiger charge is -2.01. The first-order chi connectivity index (χ1) is 9.20. The Morgan fingerprint density at radius 3 is 2.84 bits per heavy atom. The van der Waals surface area contributed by atoms with Crippen LogP contribution in [-0.2, 0) is 0 Å². The highest BCUT2D eigenvalue weighted by Crippen LogP contribution is 2.31. The number of nitrogens with zero attached hydrogens (tertiary/aromatic N) is 1. The standard InChI is InChI=1S/C15H14FN3/c1-9-11-8-10(17-2)5-6-13(11)19-14(9)15-12(16)4-3-7-18-15/h3-8,17,19H,1-2H3. The van der Waals surface area contributed by atoms with Gasteiger partial charge in [0, 0.05) is 29.8 Å². The van der Waals surface area contributed by atoms with Crippen LogP contribution in [0.25, 0.3) is 22.3 Å². The summed E-state index contributed by atoms with van der Waals surface area (Å²) in [6.45, 7) is 1.97. The van der Waals surface area contributed by atoms with Gasteiger partial charge in [0.05, 0.1) is 5.69 Å². The second-order valence-corrected chi connectivity index (χ2v) is 4.47. The minimum Gasteiger partial charge on any atom is -0.388 e. The Morgan fingerprint density at radius 2 is 2.11 bits per heavy atom. The lowest BCUT2D eigenvalue weighted by atomic mass is 10.1. The van der Waals surface area contributed by atoms with E-state index in [1.54, 1.807) is 12.3 Å². The van der Waals surface area contributed by atoms with E-state index in [1.807, 2.05) is 32.2 Å².